The Bertz CT molecular complexity index is 1140. The first-order valence-corrected chi connectivity index (χ1v) is 9.47. The molecule has 28 heavy (non-hydrogen) atoms. The van der Waals surface area contributed by atoms with Crippen molar-refractivity contribution in [3.05, 3.63) is 71.3 Å². The van der Waals surface area contributed by atoms with Gasteiger partial charge in [0, 0.05) is 18.3 Å². The van der Waals surface area contributed by atoms with Crippen LogP contribution in [0.5, 0.6) is 5.75 Å². The van der Waals surface area contributed by atoms with E-state index in [2.05, 4.69) is 4.98 Å². The molecule has 1 aromatic heterocycles. The normalized spacial score (nSPS) is 11.3. The average Bonchev–Trinajstić information content (AvgIpc) is 3.11. The summed E-state index contributed by atoms with van der Waals surface area (Å²) in [4.78, 5) is 15.7. The summed E-state index contributed by atoms with van der Waals surface area (Å²) in [6.45, 7) is 0. The Hall–Kier alpha value is -2.98. The molecule has 1 N–H and O–H groups in total. The van der Waals surface area contributed by atoms with Gasteiger partial charge in [-0.1, -0.05) is 11.6 Å². The largest absolute Gasteiger partial charge is 0.497 e. The maximum Gasteiger partial charge on any atom is 0.285 e. The van der Waals surface area contributed by atoms with Crippen molar-refractivity contribution in [2.75, 3.05) is 7.11 Å². The predicted octanol–water partition coefficient (Wildman–Crippen LogP) is 2.93. The highest BCUT2D eigenvalue weighted by Gasteiger charge is 2.23. The van der Waals surface area contributed by atoms with Crippen molar-refractivity contribution in [3.63, 3.8) is 0 Å². The molecule has 1 heterocycles. The van der Waals surface area contributed by atoms with Crippen LogP contribution in [0.15, 0.2) is 53.8 Å². The van der Waals surface area contributed by atoms with Gasteiger partial charge in [-0.15, -0.1) is 0 Å². The Labute approximate surface area is 163 Å². The van der Waals surface area contributed by atoms with Crippen molar-refractivity contribution in [1.29, 1.82) is 0 Å². The highest BCUT2D eigenvalue weighted by Crippen LogP contribution is 2.26. The molecule has 0 radical (unpaired) electrons. The van der Waals surface area contributed by atoms with Crippen LogP contribution >= 0.6 is 11.6 Å². The smallest absolute Gasteiger partial charge is 0.285 e. The van der Waals surface area contributed by atoms with Gasteiger partial charge in [-0.3, -0.25) is 4.79 Å². The number of ether oxygens (including phenoxy) is 1. The van der Waals surface area contributed by atoms with Gasteiger partial charge in [0.05, 0.1) is 17.8 Å². The molecule has 0 aliphatic heterocycles. The van der Waals surface area contributed by atoms with E-state index in [0.717, 1.165) is 30.7 Å². The van der Waals surface area contributed by atoms with Crippen molar-refractivity contribution in [3.8, 4) is 11.4 Å². The van der Waals surface area contributed by atoms with E-state index in [-0.39, 0.29) is 27.0 Å². The number of carbonyl (C=O) groups is 1. The number of carbonyl (C=O) groups excluding carboxylic acids is 1. The van der Waals surface area contributed by atoms with Crippen LogP contribution in [0.1, 0.15) is 10.5 Å². The van der Waals surface area contributed by atoms with E-state index in [9.17, 15) is 22.0 Å². The number of rotatable bonds is 5. The van der Waals surface area contributed by atoms with E-state index in [4.69, 9.17) is 16.3 Å². The van der Waals surface area contributed by atoms with Crippen LogP contribution < -0.4 is 9.46 Å². The Kier molecular flexibility index (Phi) is 5.34. The van der Waals surface area contributed by atoms with E-state index in [1.165, 1.54) is 23.8 Å². The van der Waals surface area contributed by atoms with Crippen LogP contribution in [0, 0.1) is 11.6 Å². The molecule has 3 aromatic rings. The zero-order valence-electron chi connectivity index (χ0n) is 14.2. The summed E-state index contributed by atoms with van der Waals surface area (Å²) in [6, 6.07) is 6.68. The molecule has 7 nitrogen and oxygen atoms in total. The Morgan fingerprint density at radius 2 is 1.86 bits per heavy atom. The second kappa shape index (κ2) is 7.56. The van der Waals surface area contributed by atoms with Crippen LogP contribution in [0.3, 0.4) is 0 Å². The minimum atomic E-state index is -4.32. The zero-order chi connectivity index (χ0) is 20.5. The summed E-state index contributed by atoms with van der Waals surface area (Å²) in [5.41, 5.74) is -0.213. The molecule has 0 aliphatic rings. The Morgan fingerprint density at radius 1 is 1.18 bits per heavy atom. The molecule has 1 amide bonds. The van der Waals surface area contributed by atoms with Gasteiger partial charge in [0.25, 0.3) is 15.9 Å². The number of amides is 1. The lowest BCUT2D eigenvalue weighted by atomic mass is 10.3. The molecule has 146 valence electrons. The Balaban J connectivity index is 1.86. The van der Waals surface area contributed by atoms with Gasteiger partial charge in [0.15, 0.2) is 0 Å². The summed E-state index contributed by atoms with van der Waals surface area (Å²) in [6.07, 6.45) is 2.25. The molecule has 0 saturated carbocycles. The quantitative estimate of drug-likeness (QED) is 0.676. The maximum atomic E-state index is 13.3. The van der Waals surface area contributed by atoms with Crippen molar-refractivity contribution in [2.45, 2.75) is 4.90 Å². The summed E-state index contributed by atoms with van der Waals surface area (Å²) in [5, 5.41) is -0.109. The number of hydrogen-bond donors (Lipinski definition) is 1. The average molecular weight is 428 g/mol. The van der Waals surface area contributed by atoms with Gasteiger partial charge in [-0.25, -0.2) is 26.9 Å². The minimum Gasteiger partial charge on any atom is -0.497 e. The molecule has 0 atom stereocenters. The highest BCUT2D eigenvalue weighted by molar-refractivity contribution is 7.90. The van der Waals surface area contributed by atoms with Gasteiger partial charge in [-0.2, -0.15) is 0 Å². The van der Waals surface area contributed by atoms with Crippen molar-refractivity contribution in [1.82, 2.24) is 14.3 Å². The van der Waals surface area contributed by atoms with Gasteiger partial charge in [0.2, 0.25) is 0 Å². The van der Waals surface area contributed by atoms with E-state index >= 15 is 0 Å². The third kappa shape index (κ3) is 4.12. The third-order valence-corrected chi connectivity index (χ3v) is 5.43. The second-order valence-corrected chi connectivity index (χ2v) is 7.58. The maximum absolute atomic E-state index is 13.3. The predicted molar refractivity (Wildman–Crippen MR) is 96.1 cm³/mol. The van der Waals surface area contributed by atoms with E-state index < -0.39 is 27.6 Å². The van der Waals surface area contributed by atoms with Crippen molar-refractivity contribution in [2.24, 2.45) is 0 Å². The number of imidazole rings is 1. The molecule has 0 aliphatic carbocycles. The summed E-state index contributed by atoms with van der Waals surface area (Å²) < 4.78 is 59.6. The molecular formula is C17H12ClF2N3O4S. The summed E-state index contributed by atoms with van der Waals surface area (Å²) >= 11 is 5.90. The number of benzene rings is 2. The monoisotopic (exact) mass is 427 g/mol. The molecule has 0 spiro atoms. The molecule has 3 rings (SSSR count). The topological polar surface area (TPSA) is 90.3 Å². The highest BCUT2D eigenvalue weighted by atomic mass is 35.5. The SMILES string of the molecule is COc1ccc(Cl)c(S(=O)(=O)NC(=O)c2cn(-c3cc(F)cc(F)c3)cn2)c1. The third-order valence-electron chi connectivity index (χ3n) is 3.62. The second-order valence-electron chi connectivity index (χ2n) is 5.52. The number of aromatic nitrogens is 2. The van der Waals surface area contributed by atoms with Crippen LogP contribution in [0.4, 0.5) is 8.78 Å². The van der Waals surface area contributed by atoms with Gasteiger partial charge < -0.3 is 9.30 Å². The standard InChI is InChI=1S/C17H12ClF2N3O4S/c1-27-13-2-3-14(18)16(7-13)28(25,26)22-17(24)15-8-23(9-21-15)12-5-10(19)4-11(20)6-12/h2-9H,1H3,(H,22,24). The van der Waals surface area contributed by atoms with Gasteiger partial charge in [-0.05, 0) is 24.3 Å². The van der Waals surface area contributed by atoms with Crippen molar-refractivity contribution < 1.29 is 26.7 Å². The lowest BCUT2D eigenvalue weighted by Crippen LogP contribution is -2.31. The lowest BCUT2D eigenvalue weighted by Gasteiger charge is -2.09. The molecule has 0 unspecified atom stereocenters. The van der Waals surface area contributed by atoms with Crippen LogP contribution in [-0.2, 0) is 10.0 Å². The number of halogens is 3. The van der Waals surface area contributed by atoms with E-state index in [0.29, 0.717) is 6.07 Å². The Morgan fingerprint density at radius 3 is 2.50 bits per heavy atom. The van der Waals surface area contributed by atoms with Gasteiger partial charge >= 0.3 is 0 Å². The number of sulfonamides is 1. The minimum absolute atomic E-state index is 0.0720. The first-order chi connectivity index (χ1) is 13.2. The van der Waals surface area contributed by atoms with Crippen LogP contribution in [0.2, 0.25) is 5.02 Å². The fraction of sp³-hybridized carbons (Fsp3) is 0.0588. The summed E-state index contributed by atoms with van der Waals surface area (Å²) in [5.74, 6) is -2.45. The lowest BCUT2D eigenvalue weighted by molar-refractivity contribution is 0.0977. The van der Waals surface area contributed by atoms with Gasteiger partial charge in [0.1, 0.15) is 34.3 Å². The first kappa shape index (κ1) is 19.8. The molecule has 0 fully saturated rings. The van der Waals surface area contributed by atoms with Crippen molar-refractivity contribution >= 4 is 27.5 Å². The number of methoxy groups -OCH3 is 1. The number of nitrogens with one attached hydrogen (secondary N) is 1. The fourth-order valence-electron chi connectivity index (χ4n) is 2.32. The first-order valence-electron chi connectivity index (χ1n) is 7.61. The molecular weight excluding hydrogens is 416 g/mol. The molecule has 11 heteroatoms. The van der Waals surface area contributed by atoms with E-state index in [1.807, 2.05) is 4.72 Å². The van der Waals surface area contributed by atoms with E-state index in [1.54, 1.807) is 0 Å². The summed E-state index contributed by atoms with van der Waals surface area (Å²) in [7, 11) is -2.97. The number of nitrogens with zero attached hydrogens (tertiary/aromatic N) is 2. The fourth-order valence-corrected chi connectivity index (χ4v) is 3.79. The molecule has 0 saturated heterocycles. The molecule has 0 bridgehead atoms. The molecule has 2 aromatic carbocycles. The van der Waals surface area contributed by atoms with Crippen LogP contribution in [-0.4, -0.2) is 31.0 Å². The zero-order valence-corrected chi connectivity index (χ0v) is 15.8. The number of hydrogen-bond acceptors (Lipinski definition) is 5. The van der Waals surface area contributed by atoms with Crippen LogP contribution in [0.25, 0.3) is 5.69 Å².